The van der Waals surface area contributed by atoms with Gasteiger partial charge in [-0.15, -0.1) is 0 Å². The monoisotopic (exact) mass is 165 g/mol. The van der Waals surface area contributed by atoms with Gasteiger partial charge in [-0.05, 0) is 31.1 Å². The molecular weight excluding hydrogens is 154 g/mol. The molecule has 0 aliphatic heterocycles. The summed E-state index contributed by atoms with van der Waals surface area (Å²) in [7, 11) is 0. The highest BCUT2D eigenvalue weighted by Gasteiger charge is 2.46. The van der Waals surface area contributed by atoms with E-state index in [-0.39, 0.29) is 12.0 Å². The molecule has 0 aromatic heterocycles. The lowest BCUT2D eigenvalue weighted by molar-refractivity contribution is -0.136. The fourth-order valence-electron chi connectivity index (χ4n) is 2.62. The Morgan fingerprint density at radius 1 is 1.33 bits per heavy atom. The van der Waals surface area contributed by atoms with E-state index in [0.29, 0.717) is 18.3 Å². The van der Waals surface area contributed by atoms with Gasteiger partial charge in [-0.3, -0.25) is 4.79 Å². The van der Waals surface area contributed by atoms with Crippen LogP contribution in [0.2, 0.25) is 0 Å². The van der Waals surface area contributed by atoms with E-state index in [1.54, 1.807) is 0 Å². The van der Waals surface area contributed by atoms with Crippen molar-refractivity contribution < 1.29 is 9.53 Å². The second-order valence-electron chi connectivity index (χ2n) is 3.73. The quantitative estimate of drug-likeness (QED) is 0.575. The number of fused-ring (bicyclic) bond motifs is 2. The molecular formula is C9H11NO2. The molecule has 2 fully saturated rings. The van der Waals surface area contributed by atoms with E-state index in [1.807, 2.05) is 0 Å². The fourth-order valence-corrected chi connectivity index (χ4v) is 2.62. The number of carbonyl (C=O) groups is 1. The van der Waals surface area contributed by atoms with Crippen molar-refractivity contribution in [3.05, 3.63) is 0 Å². The molecule has 0 N–H and O–H groups in total. The van der Waals surface area contributed by atoms with Gasteiger partial charge in [0, 0.05) is 5.92 Å². The van der Waals surface area contributed by atoms with Gasteiger partial charge in [0.15, 0.2) is 0 Å². The van der Waals surface area contributed by atoms with Crippen LogP contribution >= 0.6 is 0 Å². The number of rotatable bonds is 2. The molecule has 0 aromatic rings. The molecule has 64 valence electrons. The number of nitrogens with zero attached hydrogens (tertiary/aromatic N) is 1. The molecule has 0 amide bonds. The normalized spacial score (nSPS) is 43.9. The predicted octanol–water partition coefficient (Wildman–Crippen LogP) is 1.10. The summed E-state index contributed by atoms with van der Waals surface area (Å²) in [6.45, 7) is 0.534. The highest BCUT2D eigenvalue weighted by molar-refractivity contribution is 5.37. The Morgan fingerprint density at radius 3 is 2.67 bits per heavy atom. The van der Waals surface area contributed by atoms with Crippen molar-refractivity contribution in [1.82, 2.24) is 0 Å². The Morgan fingerprint density at radius 2 is 2.17 bits per heavy atom. The Hall–Kier alpha value is -1.04. The highest BCUT2D eigenvalue weighted by atomic mass is 16.5. The molecule has 0 spiro atoms. The minimum Gasteiger partial charge on any atom is -0.464 e. The summed E-state index contributed by atoms with van der Waals surface area (Å²) in [5.41, 5.74) is 0. The van der Waals surface area contributed by atoms with Gasteiger partial charge < -0.3 is 4.74 Å². The number of carbonyl (C=O) groups excluding carboxylic acids is 1. The summed E-state index contributed by atoms with van der Waals surface area (Å²) >= 11 is 0. The van der Waals surface area contributed by atoms with Crippen LogP contribution in [0.25, 0.3) is 0 Å². The third-order valence-corrected chi connectivity index (χ3v) is 3.19. The van der Waals surface area contributed by atoms with Gasteiger partial charge in [0.25, 0.3) is 6.47 Å². The minimum absolute atomic E-state index is 0.108. The van der Waals surface area contributed by atoms with E-state index >= 15 is 0 Å². The van der Waals surface area contributed by atoms with E-state index in [4.69, 9.17) is 10.00 Å². The van der Waals surface area contributed by atoms with Crippen molar-refractivity contribution in [2.75, 3.05) is 0 Å². The molecule has 4 atom stereocenters. The number of ether oxygens (including phenoxy) is 1. The molecule has 4 unspecified atom stereocenters. The number of nitriles is 1. The molecule has 0 radical (unpaired) electrons. The van der Waals surface area contributed by atoms with Crippen LogP contribution in [0.1, 0.15) is 19.3 Å². The third kappa shape index (κ3) is 0.989. The molecule has 3 heteroatoms. The first-order valence-corrected chi connectivity index (χ1v) is 4.34. The third-order valence-electron chi connectivity index (χ3n) is 3.19. The van der Waals surface area contributed by atoms with Gasteiger partial charge in [0.05, 0.1) is 6.07 Å². The van der Waals surface area contributed by atoms with Gasteiger partial charge >= 0.3 is 0 Å². The van der Waals surface area contributed by atoms with Crippen molar-refractivity contribution in [2.45, 2.75) is 25.4 Å². The zero-order valence-corrected chi connectivity index (χ0v) is 6.77. The van der Waals surface area contributed by atoms with Gasteiger partial charge in [-0.2, -0.15) is 5.26 Å². The Bertz CT molecular complexity index is 233. The van der Waals surface area contributed by atoms with Crippen LogP contribution in [-0.2, 0) is 9.53 Å². The minimum atomic E-state index is 0.108. The number of hydrogen-bond acceptors (Lipinski definition) is 3. The molecule has 2 aliphatic carbocycles. The van der Waals surface area contributed by atoms with Crippen LogP contribution in [0, 0.1) is 29.1 Å². The van der Waals surface area contributed by atoms with Crippen LogP contribution in [-0.4, -0.2) is 12.6 Å². The second-order valence-corrected chi connectivity index (χ2v) is 3.73. The lowest BCUT2D eigenvalue weighted by atomic mass is 9.88. The highest BCUT2D eigenvalue weighted by Crippen LogP contribution is 2.49. The van der Waals surface area contributed by atoms with E-state index in [0.717, 1.165) is 19.3 Å². The van der Waals surface area contributed by atoms with E-state index in [1.165, 1.54) is 0 Å². The second kappa shape index (κ2) is 2.78. The lowest BCUT2D eigenvalue weighted by Gasteiger charge is -2.22. The van der Waals surface area contributed by atoms with Gasteiger partial charge in [0.2, 0.25) is 0 Å². The average Bonchev–Trinajstić information content (AvgIpc) is 2.62. The summed E-state index contributed by atoms with van der Waals surface area (Å²) in [6.07, 6.45) is 3.02. The lowest BCUT2D eigenvalue weighted by Crippen LogP contribution is -2.23. The van der Waals surface area contributed by atoms with E-state index < -0.39 is 0 Å². The molecule has 0 saturated heterocycles. The van der Waals surface area contributed by atoms with Crippen molar-refractivity contribution in [3.8, 4) is 6.07 Å². The van der Waals surface area contributed by atoms with Crippen LogP contribution in [0.4, 0.5) is 0 Å². The molecule has 3 nitrogen and oxygen atoms in total. The van der Waals surface area contributed by atoms with Gasteiger partial charge in [-0.1, -0.05) is 0 Å². The molecule has 0 heterocycles. The molecule has 2 bridgehead atoms. The zero-order chi connectivity index (χ0) is 8.55. The van der Waals surface area contributed by atoms with Crippen molar-refractivity contribution in [1.29, 1.82) is 5.26 Å². The maximum absolute atomic E-state index is 10.1. The molecule has 2 rings (SSSR count). The summed E-state index contributed by atoms with van der Waals surface area (Å²) < 4.78 is 4.94. The van der Waals surface area contributed by atoms with Crippen molar-refractivity contribution in [2.24, 2.45) is 17.8 Å². The fraction of sp³-hybridized carbons (Fsp3) is 0.778. The zero-order valence-electron chi connectivity index (χ0n) is 6.77. The SMILES string of the molecule is N#CC1CC2CC1CC2OC=O. The maximum atomic E-state index is 10.1. The molecule has 0 aromatic carbocycles. The summed E-state index contributed by atoms with van der Waals surface area (Å²) in [5.74, 6) is 1.18. The summed E-state index contributed by atoms with van der Waals surface area (Å²) in [5, 5.41) is 8.74. The first-order valence-electron chi connectivity index (χ1n) is 4.34. The first-order chi connectivity index (χ1) is 5.85. The van der Waals surface area contributed by atoms with Gasteiger partial charge in [-0.25, -0.2) is 0 Å². The van der Waals surface area contributed by atoms with E-state index in [2.05, 4.69) is 6.07 Å². The number of hydrogen-bond donors (Lipinski definition) is 0. The van der Waals surface area contributed by atoms with E-state index in [9.17, 15) is 4.79 Å². The molecule has 2 saturated carbocycles. The molecule has 2 aliphatic rings. The summed E-state index contributed by atoms with van der Waals surface area (Å²) in [4.78, 5) is 10.1. The van der Waals surface area contributed by atoms with Crippen LogP contribution < -0.4 is 0 Å². The van der Waals surface area contributed by atoms with Crippen molar-refractivity contribution >= 4 is 6.47 Å². The largest absolute Gasteiger partial charge is 0.464 e. The average molecular weight is 165 g/mol. The topological polar surface area (TPSA) is 50.1 Å². The van der Waals surface area contributed by atoms with Crippen LogP contribution in [0.15, 0.2) is 0 Å². The predicted molar refractivity (Wildman–Crippen MR) is 40.9 cm³/mol. The van der Waals surface area contributed by atoms with Crippen LogP contribution in [0.5, 0.6) is 0 Å². The van der Waals surface area contributed by atoms with Gasteiger partial charge in [0.1, 0.15) is 6.10 Å². The Kier molecular flexibility index (Phi) is 1.76. The Labute approximate surface area is 71.3 Å². The molecule has 12 heavy (non-hydrogen) atoms. The first kappa shape index (κ1) is 7.60. The maximum Gasteiger partial charge on any atom is 0.293 e. The smallest absolute Gasteiger partial charge is 0.293 e. The Balaban J connectivity index is 1.99. The standard InChI is InChI=1S/C9H11NO2/c10-4-8-2-7-1-6(8)3-9(7)12-5-11/h5-9H,1-3H2. The summed E-state index contributed by atoms with van der Waals surface area (Å²) in [6, 6.07) is 2.31. The van der Waals surface area contributed by atoms with Crippen LogP contribution in [0.3, 0.4) is 0 Å². The van der Waals surface area contributed by atoms with Crippen molar-refractivity contribution in [3.63, 3.8) is 0 Å².